The Bertz CT molecular complexity index is 522. The number of rotatable bonds is 1. The monoisotopic (exact) mass is 244 g/mol. The molecule has 0 saturated carbocycles. The molecule has 0 N–H and O–H groups in total. The van der Waals surface area contributed by atoms with Crippen LogP contribution in [0.3, 0.4) is 0 Å². The van der Waals surface area contributed by atoms with Crippen LogP contribution in [-0.2, 0) is 6.42 Å². The Labute approximate surface area is 106 Å². The van der Waals surface area contributed by atoms with E-state index in [2.05, 4.69) is 24.3 Å². The molecule has 0 saturated heterocycles. The minimum absolute atomic E-state index is 0.171. The van der Waals surface area contributed by atoms with Crippen molar-refractivity contribution >= 4 is 11.6 Å². The summed E-state index contributed by atoms with van der Waals surface area (Å²) in [5.74, 6) is 0.967. The van der Waals surface area contributed by atoms with Crippen molar-refractivity contribution in [2.24, 2.45) is 0 Å². The normalized spacial score (nSPS) is 18.3. The summed E-state index contributed by atoms with van der Waals surface area (Å²) in [5, 5.41) is 0.783. The Kier molecular flexibility index (Phi) is 2.77. The van der Waals surface area contributed by atoms with Crippen molar-refractivity contribution in [3.63, 3.8) is 0 Å². The van der Waals surface area contributed by atoms with Crippen LogP contribution in [0.25, 0.3) is 0 Å². The minimum atomic E-state index is 0.171. The van der Waals surface area contributed by atoms with Gasteiger partial charge in [-0.05, 0) is 42.2 Å². The molecule has 0 unspecified atom stereocenters. The van der Waals surface area contributed by atoms with E-state index in [1.165, 1.54) is 11.1 Å². The maximum absolute atomic E-state index is 6.01. The first-order chi connectivity index (χ1) is 8.33. The van der Waals surface area contributed by atoms with Crippen molar-refractivity contribution < 1.29 is 4.74 Å². The summed E-state index contributed by atoms with van der Waals surface area (Å²) in [6.45, 7) is 0. The Morgan fingerprint density at radius 3 is 2.71 bits per heavy atom. The van der Waals surface area contributed by atoms with Gasteiger partial charge in [0.25, 0.3) is 0 Å². The molecular weight excluding hydrogens is 232 g/mol. The van der Waals surface area contributed by atoms with Crippen molar-refractivity contribution in [3.8, 4) is 5.75 Å². The topological polar surface area (TPSA) is 9.23 Å². The Balaban J connectivity index is 1.88. The fourth-order valence-corrected chi connectivity index (χ4v) is 2.45. The first-order valence-electron chi connectivity index (χ1n) is 5.83. The van der Waals surface area contributed by atoms with Crippen molar-refractivity contribution in [2.45, 2.75) is 18.9 Å². The van der Waals surface area contributed by atoms with Crippen molar-refractivity contribution in [1.82, 2.24) is 0 Å². The molecule has 2 aromatic rings. The second-order valence-electron chi connectivity index (χ2n) is 4.31. The Hall–Kier alpha value is -1.47. The van der Waals surface area contributed by atoms with Gasteiger partial charge in [-0.25, -0.2) is 0 Å². The van der Waals surface area contributed by atoms with Gasteiger partial charge in [-0.1, -0.05) is 41.9 Å². The fraction of sp³-hybridized carbons (Fsp3) is 0.200. The van der Waals surface area contributed by atoms with Gasteiger partial charge < -0.3 is 4.74 Å². The molecule has 0 bridgehead atoms. The van der Waals surface area contributed by atoms with E-state index in [4.69, 9.17) is 16.3 Å². The highest BCUT2D eigenvalue weighted by molar-refractivity contribution is 6.30. The van der Waals surface area contributed by atoms with E-state index < -0.39 is 0 Å². The van der Waals surface area contributed by atoms with Crippen molar-refractivity contribution in [2.75, 3.05) is 0 Å². The van der Waals surface area contributed by atoms with Gasteiger partial charge in [-0.2, -0.15) is 0 Å². The van der Waals surface area contributed by atoms with Crippen LogP contribution in [0.4, 0.5) is 0 Å². The largest absolute Gasteiger partial charge is 0.485 e. The van der Waals surface area contributed by atoms with E-state index in [1.807, 2.05) is 24.3 Å². The van der Waals surface area contributed by atoms with Crippen LogP contribution in [0.1, 0.15) is 23.7 Å². The first kappa shape index (κ1) is 10.7. The van der Waals surface area contributed by atoms with Crippen molar-refractivity contribution in [1.29, 1.82) is 0 Å². The molecule has 1 nitrogen and oxygen atoms in total. The van der Waals surface area contributed by atoms with Crippen LogP contribution in [0.5, 0.6) is 5.75 Å². The van der Waals surface area contributed by atoms with Gasteiger partial charge >= 0.3 is 0 Å². The van der Waals surface area contributed by atoms with Crippen molar-refractivity contribution in [3.05, 3.63) is 64.7 Å². The molecule has 0 aliphatic carbocycles. The molecule has 0 spiro atoms. The molecule has 1 aliphatic heterocycles. The van der Waals surface area contributed by atoms with Crippen LogP contribution in [0.15, 0.2) is 48.5 Å². The predicted octanol–water partition coefficient (Wildman–Crippen LogP) is 4.41. The highest BCUT2D eigenvalue weighted by atomic mass is 35.5. The van der Waals surface area contributed by atoms with Crippen LogP contribution < -0.4 is 4.74 Å². The molecule has 2 heteroatoms. The molecule has 1 heterocycles. The van der Waals surface area contributed by atoms with Crippen LogP contribution in [-0.4, -0.2) is 0 Å². The zero-order valence-corrected chi connectivity index (χ0v) is 10.2. The quantitative estimate of drug-likeness (QED) is 0.722. The van der Waals surface area contributed by atoms with Gasteiger partial charge in [-0.3, -0.25) is 0 Å². The standard InChI is InChI=1S/C15H13ClO/c16-13-7-9-15-12(10-13)6-8-14(17-15)11-4-2-1-3-5-11/h1-5,7,9-10,14H,6,8H2/t14-/m0/s1. The summed E-state index contributed by atoms with van der Waals surface area (Å²) in [6, 6.07) is 16.2. The summed E-state index contributed by atoms with van der Waals surface area (Å²) in [5.41, 5.74) is 2.46. The van der Waals surface area contributed by atoms with Gasteiger partial charge in [0.2, 0.25) is 0 Å². The SMILES string of the molecule is Clc1ccc2c(c1)CC[C@@H](c1ccccc1)O2. The molecule has 1 atom stereocenters. The van der Waals surface area contributed by atoms with E-state index in [-0.39, 0.29) is 6.10 Å². The molecule has 0 aromatic heterocycles. The summed E-state index contributed by atoms with van der Waals surface area (Å²) < 4.78 is 6.01. The number of aryl methyl sites for hydroxylation is 1. The lowest BCUT2D eigenvalue weighted by Crippen LogP contribution is -2.14. The smallest absolute Gasteiger partial charge is 0.124 e. The van der Waals surface area contributed by atoms with Gasteiger partial charge in [-0.15, -0.1) is 0 Å². The average molecular weight is 245 g/mol. The third kappa shape index (κ3) is 2.16. The molecular formula is C15H13ClO. The summed E-state index contributed by atoms with van der Waals surface area (Å²) in [6.07, 6.45) is 2.21. The molecule has 0 radical (unpaired) electrons. The lowest BCUT2D eigenvalue weighted by atomic mass is 9.97. The van der Waals surface area contributed by atoms with E-state index >= 15 is 0 Å². The molecule has 86 valence electrons. The maximum Gasteiger partial charge on any atom is 0.124 e. The number of fused-ring (bicyclic) bond motifs is 1. The molecule has 17 heavy (non-hydrogen) atoms. The lowest BCUT2D eigenvalue weighted by molar-refractivity contribution is 0.176. The van der Waals surface area contributed by atoms with Gasteiger partial charge in [0.05, 0.1) is 0 Å². The number of halogens is 1. The first-order valence-corrected chi connectivity index (χ1v) is 6.21. The van der Waals surface area contributed by atoms with E-state index in [9.17, 15) is 0 Å². The highest BCUT2D eigenvalue weighted by Gasteiger charge is 2.20. The van der Waals surface area contributed by atoms with E-state index in [0.717, 1.165) is 23.6 Å². The second-order valence-corrected chi connectivity index (χ2v) is 4.74. The number of ether oxygens (including phenoxy) is 1. The highest BCUT2D eigenvalue weighted by Crippen LogP contribution is 2.35. The zero-order chi connectivity index (χ0) is 11.7. The molecule has 1 aliphatic rings. The number of benzene rings is 2. The predicted molar refractivity (Wildman–Crippen MR) is 69.6 cm³/mol. The van der Waals surface area contributed by atoms with Gasteiger partial charge in [0, 0.05) is 5.02 Å². The Morgan fingerprint density at radius 1 is 1.06 bits per heavy atom. The zero-order valence-electron chi connectivity index (χ0n) is 9.40. The Morgan fingerprint density at radius 2 is 1.88 bits per heavy atom. The van der Waals surface area contributed by atoms with Gasteiger partial charge in [0.15, 0.2) is 0 Å². The lowest BCUT2D eigenvalue weighted by Gasteiger charge is -2.26. The summed E-state index contributed by atoms with van der Waals surface area (Å²) >= 11 is 5.97. The number of hydrogen-bond acceptors (Lipinski definition) is 1. The van der Waals surface area contributed by atoms with Crippen LogP contribution in [0.2, 0.25) is 5.02 Å². The van der Waals surface area contributed by atoms with Gasteiger partial charge in [0.1, 0.15) is 11.9 Å². The second kappa shape index (κ2) is 4.42. The molecule has 0 amide bonds. The molecule has 2 aromatic carbocycles. The average Bonchev–Trinajstić information content (AvgIpc) is 2.39. The van der Waals surface area contributed by atoms with E-state index in [0.29, 0.717) is 0 Å². The minimum Gasteiger partial charge on any atom is -0.485 e. The van der Waals surface area contributed by atoms with Crippen LogP contribution >= 0.6 is 11.6 Å². The molecule has 3 rings (SSSR count). The summed E-state index contributed by atoms with van der Waals surface area (Å²) in [7, 11) is 0. The number of hydrogen-bond donors (Lipinski definition) is 0. The van der Waals surface area contributed by atoms with Crippen LogP contribution in [0, 0.1) is 0 Å². The maximum atomic E-state index is 6.01. The third-order valence-electron chi connectivity index (χ3n) is 3.14. The summed E-state index contributed by atoms with van der Waals surface area (Å²) in [4.78, 5) is 0. The molecule has 0 fully saturated rings. The fourth-order valence-electron chi connectivity index (χ4n) is 2.26. The third-order valence-corrected chi connectivity index (χ3v) is 3.37. The van der Waals surface area contributed by atoms with E-state index in [1.54, 1.807) is 0 Å².